The van der Waals surface area contributed by atoms with Gasteiger partial charge in [-0.15, -0.1) is 0 Å². The van der Waals surface area contributed by atoms with Gasteiger partial charge in [0.15, 0.2) is 0 Å². The summed E-state index contributed by atoms with van der Waals surface area (Å²) in [4.78, 5) is 15.3. The molecule has 1 aromatic carbocycles. The van der Waals surface area contributed by atoms with Crippen molar-refractivity contribution in [1.82, 2.24) is 4.98 Å². The maximum atomic E-state index is 11.0. The Hall–Kier alpha value is -1.84. The fraction of sp³-hybridized carbons (Fsp3) is 0.478. The summed E-state index contributed by atoms with van der Waals surface area (Å²) in [6, 6.07) is 7.91. The van der Waals surface area contributed by atoms with Crippen LogP contribution in [0.5, 0.6) is 5.75 Å². The quantitative estimate of drug-likeness (QED) is 0.640. The second-order valence-corrected chi connectivity index (χ2v) is 11.0. The molecule has 2 aromatic rings. The first-order valence-electron chi connectivity index (χ1n) is 9.81. The van der Waals surface area contributed by atoms with E-state index in [9.17, 15) is 9.90 Å². The summed E-state index contributed by atoms with van der Waals surface area (Å²) >= 11 is -0.0692. The van der Waals surface area contributed by atoms with Crippen LogP contribution in [0.1, 0.15) is 75.4 Å². The molecule has 0 unspecified atom stereocenters. The fourth-order valence-corrected chi connectivity index (χ4v) is 5.46. The van der Waals surface area contributed by atoms with Crippen molar-refractivity contribution in [2.45, 2.75) is 64.7 Å². The molecule has 1 heterocycles. The molecule has 28 heavy (non-hydrogen) atoms. The summed E-state index contributed by atoms with van der Waals surface area (Å²) in [6.07, 6.45) is 4.66. The number of carbonyl (C=O) groups excluding carboxylic acids is 1. The molecule has 0 bridgehead atoms. The first-order valence-corrected chi connectivity index (χ1v) is 11.5. The van der Waals surface area contributed by atoms with Crippen molar-refractivity contribution in [1.29, 1.82) is 0 Å². The molecule has 3 rings (SSSR count). The summed E-state index contributed by atoms with van der Waals surface area (Å²) in [5, 5.41) is 11.0. The molecule has 150 valence electrons. The molecule has 0 aliphatic heterocycles. The molecule has 0 fully saturated rings. The number of fused-ring (bicyclic) bond motifs is 1. The summed E-state index contributed by atoms with van der Waals surface area (Å²) in [6.45, 7) is 12.1. The number of rotatable bonds is 6. The van der Waals surface area contributed by atoms with Gasteiger partial charge in [0.25, 0.3) is 0 Å². The molecule has 1 aliphatic rings. The number of nitrogens with zero attached hydrogens (tertiary/aromatic N) is 1. The van der Waals surface area contributed by atoms with Crippen LogP contribution in [0.15, 0.2) is 30.5 Å². The van der Waals surface area contributed by atoms with E-state index in [1.165, 1.54) is 21.8 Å². The van der Waals surface area contributed by atoms with Crippen molar-refractivity contribution >= 4 is 30.0 Å². The zero-order valence-corrected chi connectivity index (χ0v) is 19.0. The molecule has 1 aliphatic carbocycles. The number of aromatic nitrogens is 1. The van der Waals surface area contributed by atoms with Crippen molar-refractivity contribution in [2.24, 2.45) is 0 Å². The first kappa shape index (κ1) is 20.9. The zero-order chi connectivity index (χ0) is 20.5. The van der Waals surface area contributed by atoms with Gasteiger partial charge in [0.2, 0.25) is 0 Å². The fourth-order valence-electron chi connectivity index (χ4n) is 3.65. The van der Waals surface area contributed by atoms with E-state index < -0.39 is 5.97 Å². The second-order valence-electron chi connectivity index (χ2n) is 8.74. The minimum atomic E-state index is -1.20. The molecule has 1 aromatic heterocycles. The summed E-state index contributed by atoms with van der Waals surface area (Å²) < 4.78 is 8.18. The van der Waals surface area contributed by atoms with E-state index in [-0.39, 0.29) is 31.4 Å². The van der Waals surface area contributed by atoms with Crippen molar-refractivity contribution in [3.8, 4) is 5.75 Å². The first-order chi connectivity index (χ1) is 13.1. The second kappa shape index (κ2) is 7.88. The Labute approximate surface area is 173 Å². The van der Waals surface area contributed by atoms with E-state index in [2.05, 4.69) is 51.7 Å². The average Bonchev–Trinajstić information content (AvgIpc) is 2.64. The summed E-state index contributed by atoms with van der Waals surface area (Å²) in [5.74, 6) is -0.256. The Balaban J connectivity index is 2.04. The SMILES string of the molecule is CCCOc1cc2c(cc1[Se]c1ccc(C(=O)[O-])cn1)C(C)(C)CCC2(C)C. The molecule has 0 spiro atoms. The van der Waals surface area contributed by atoms with Gasteiger partial charge in [-0.1, -0.05) is 0 Å². The predicted octanol–water partition coefficient (Wildman–Crippen LogP) is 2.24. The summed E-state index contributed by atoms with van der Waals surface area (Å²) in [5.41, 5.74) is 3.15. The van der Waals surface area contributed by atoms with E-state index in [1.807, 2.05) is 0 Å². The molecule has 4 nitrogen and oxygen atoms in total. The number of hydrogen-bond acceptors (Lipinski definition) is 4. The number of aromatic carboxylic acids is 1. The van der Waals surface area contributed by atoms with E-state index in [0.717, 1.165) is 29.6 Å². The van der Waals surface area contributed by atoms with Gasteiger partial charge in [0.05, 0.1) is 0 Å². The number of pyridine rings is 1. The van der Waals surface area contributed by atoms with E-state index in [1.54, 1.807) is 12.1 Å². The Morgan fingerprint density at radius 3 is 2.32 bits per heavy atom. The van der Waals surface area contributed by atoms with Crippen LogP contribution < -0.4 is 18.9 Å². The Morgan fingerprint density at radius 1 is 1.14 bits per heavy atom. The minimum absolute atomic E-state index is 0.0692. The Morgan fingerprint density at radius 2 is 1.79 bits per heavy atom. The van der Waals surface area contributed by atoms with E-state index >= 15 is 0 Å². The van der Waals surface area contributed by atoms with Gasteiger partial charge >= 0.3 is 174 Å². The van der Waals surface area contributed by atoms with Crippen LogP contribution in [0.4, 0.5) is 0 Å². The number of benzene rings is 1. The molecule has 0 atom stereocenters. The van der Waals surface area contributed by atoms with E-state index in [4.69, 9.17) is 4.74 Å². The van der Waals surface area contributed by atoms with Crippen LogP contribution >= 0.6 is 0 Å². The Kier molecular flexibility index (Phi) is 5.88. The zero-order valence-electron chi connectivity index (χ0n) is 17.3. The number of carbonyl (C=O) groups is 1. The number of carboxylic acid groups (broad SMARTS) is 1. The van der Waals surface area contributed by atoms with Crippen molar-refractivity contribution < 1.29 is 14.6 Å². The standard InChI is InChI=1S/C23H29NO3Se/c1-6-11-27-18-12-16-17(23(4,5)10-9-22(16,2)3)13-19(18)28-20-8-7-15(14-24-20)21(25)26/h7-8,12-14H,6,9-11H2,1-5H3,(H,25,26)/p-1. The molecule has 0 amide bonds. The average molecular weight is 445 g/mol. The van der Waals surface area contributed by atoms with Gasteiger partial charge in [0.1, 0.15) is 0 Å². The molecular weight excluding hydrogens is 417 g/mol. The van der Waals surface area contributed by atoms with Gasteiger partial charge in [0, 0.05) is 0 Å². The summed E-state index contributed by atoms with van der Waals surface area (Å²) in [7, 11) is 0. The van der Waals surface area contributed by atoms with Crippen LogP contribution in [0, 0.1) is 0 Å². The van der Waals surface area contributed by atoms with Gasteiger partial charge in [-0.25, -0.2) is 0 Å². The molecular formula is C23H28NO3Se-. The number of carboxylic acids is 1. The van der Waals surface area contributed by atoms with Crippen LogP contribution in [-0.2, 0) is 10.8 Å². The predicted molar refractivity (Wildman–Crippen MR) is 111 cm³/mol. The molecule has 5 heteroatoms. The normalized spacial score (nSPS) is 17.0. The van der Waals surface area contributed by atoms with Gasteiger partial charge < -0.3 is 0 Å². The number of ether oxygens (including phenoxy) is 1. The molecule has 0 radical (unpaired) electrons. The Bertz CT molecular complexity index is 872. The monoisotopic (exact) mass is 446 g/mol. The van der Waals surface area contributed by atoms with Crippen molar-refractivity contribution in [3.05, 3.63) is 47.2 Å². The van der Waals surface area contributed by atoms with Crippen LogP contribution in [0.3, 0.4) is 0 Å². The van der Waals surface area contributed by atoms with Gasteiger partial charge in [-0.05, 0) is 0 Å². The third-order valence-electron chi connectivity index (χ3n) is 5.57. The van der Waals surface area contributed by atoms with Crippen LogP contribution in [0.2, 0.25) is 0 Å². The maximum absolute atomic E-state index is 11.0. The molecule has 0 saturated heterocycles. The van der Waals surface area contributed by atoms with Crippen molar-refractivity contribution in [3.63, 3.8) is 0 Å². The third kappa shape index (κ3) is 4.26. The molecule has 0 saturated carbocycles. The van der Waals surface area contributed by atoms with Gasteiger partial charge in [-0.3, -0.25) is 0 Å². The van der Waals surface area contributed by atoms with Crippen molar-refractivity contribution in [2.75, 3.05) is 6.61 Å². The van der Waals surface area contributed by atoms with Crippen LogP contribution in [0.25, 0.3) is 0 Å². The third-order valence-corrected chi connectivity index (χ3v) is 7.64. The van der Waals surface area contributed by atoms with E-state index in [0.29, 0.717) is 6.61 Å². The van der Waals surface area contributed by atoms with Crippen LogP contribution in [-0.4, -0.2) is 32.5 Å². The molecule has 0 N–H and O–H groups in total. The topological polar surface area (TPSA) is 62.2 Å². The van der Waals surface area contributed by atoms with Gasteiger partial charge in [-0.2, -0.15) is 0 Å². The number of hydrogen-bond donors (Lipinski definition) is 0.